The zero-order chi connectivity index (χ0) is 16.8. The molecule has 1 heterocycles. The number of rotatable bonds is 7. The number of H-pyrrole nitrogens is 1. The van der Waals surface area contributed by atoms with E-state index in [1.54, 1.807) is 0 Å². The molecule has 5 nitrogen and oxygen atoms in total. The Morgan fingerprint density at radius 2 is 1.96 bits per heavy atom. The summed E-state index contributed by atoms with van der Waals surface area (Å²) in [4.78, 5) is 0. The van der Waals surface area contributed by atoms with E-state index < -0.39 is 0 Å². The summed E-state index contributed by atoms with van der Waals surface area (Å²) in [5.74, 6) is 0.721. The molecule has 0 radical (unpaired) electrons. The smallest absolute Gasteiger partial charge is 0.124 e. The number of anilines is 1. The zero-order valence-corrected chi connectivity index (χ0v) is 13.6. The lowest BCUT2D eigenvalue weighted by molar-refractivity contribution is 0.267. The molecule has 0 saturated heterocycles. The van der Waals surface area contributed by atoms with Crippen LogP contribution < -0.4 is 10.1 Å². The lowest BCUT2D eigenvalue weighted by Gasteiger charge is -2.11. The highest BCUT2D eigenvalue weighted by molar-refractivity contribution is 5.59. The fourth-order valence-electron chi connectivity index (χ4n) is 2.52. The van der Waals surface area contributed by atoms with Gasteiger partial charge < -0.3 is 15.2 Å². The topological polar surface area (TPSA) is 70.2 Å². The highest BCUT2D eigenvalue weighted by Gasteiger charge is 2.06. The molecule has 0 fully saturated rings. The molecule has 0 aliphatic carbocycles. The van der Waals surface area contributed by atoms with Crippen molar-refractivity contribution in [1.82, 2.24) is 10.2 Å². The number of aliphatic hydroxyl groups is 1. The number of hydrogen-bond donors (Lipinski definition) is 3. The van der Waals surface area contributed by atoms with Gasteiger partial charge in [0.25, 0.3) is 0 Å². The number of nitrogens with zero attached hydrogens (tertiary/aromatic N) is 1. The predicted octanol–water partition coefficient (Wildman–Crippen LogP) is 3.58. The normalized spacial score (nSPS) is 10.6. The van der Waals surface area contributed by atoms with Crippen molar-refractivity contribution in [2.24, 2.45) is 0 Å². The maximum absolute atomic E-state index is 9.46. The number of nitrogens with one attached hydrogen (secondary N) is 2. The third-order valence-corrected chi connectivity index (χ3v) is 3.71. The number of ether oxygens (including phenoxy) is 1. The first-order valence-corrected chi connectivity index (χ1v) is 8.00. The van der Waals surface area contributed by atoms with Crippen LogP contribution >= 0.6 is 0 Å². The largest absolute Gasteiger partial charge is 0.494 e. The molecule has 2 aromatic carbocycles. The minimum atomic E-state index is -0.0485. The predicted molar refractivity (Wildman–Crippen MR) is 94.9 cm³/mol. The van der Waals surface area contributed by atoms with Gasteiger partial charge in [0, 0.05) is 16.8 Å². The van der Waals surface area contributed by atoms with Crippen LogP contribution in [0, 0.1) is 0 Å². The van der Waals surface area contributed by atoms with Gasteiger partial charge >= 0.3 is 0 Å². The molecule has 3 rings (SSSR count). The zero-order valence-electron chi connectivity index (χ0n) is 13.6. The summed E-state index contributed by atoms with van der Waals surface area (Å²) >= 11 is 0. The Morgan fingerprint density at radius 1 is 1.12 bits per heavy atom. The van der Waals surface area contributed by atoms with Crippen molar-refractivity contribution < 1.29 is 9.84 Å². The van der Waals surface area contributed by atoms with E-state index >= 15 is 0 Å². The van der Waals surface area contributed by atoms with E-state index in [4.69, 9.17) is 4.74 Å². The van der Waals surface area contributed by atoms with E-state index in [0.29, 0.717) is 13.2 Å². The Balaban J connectivity index is 1.67. The summed E-state index contributed by atoms with van der Waals surface area (Å²) in [6.07, 6.45) is 0. The molecule has 0 saturated carbocycles. The molecule has 0 aliphatic heterocycles. The first kappa shape index (κ1) is 16.1. The lowest BCUT2D eigenvalue weighted by Crippen LogP contribution is -2.02. The van der Waals surface area contributed by atoms with Crippen molar-refractivity contribution in [2.45, 2.75) is 20.1 Å². The second kappa shape index (κ2) is 7.66. The van der Waals surface area contributed by atoms with Crippen LogP contribution in [0.1, 0.15) is 18.2 Å². The third kappa shape index (κ3) is 3.75. The molecular formula is C19H21N3O2. The molecular weight excluding hydrogens is 302 g/mol. The molecule has 124 valence electrons. The fraction of sp³-hybridized carbons (Fsp3) is 0.211. The quantitative estimate of drug-likeness (QED) is 0.621. The van der Waals surface area contributed by atoms with Gasteiger partial charge in [0.05, 0.1) is 31.1 Å². The number of aliphatic hydroxyl groups excluding tert-OH is 1. The van der Waals surface area contributed by atoms with Crippen LogP contribution in [0.2, 0.25) is 0 Å². The van der Waals surface area contributed by atoms with Crippen LogP contribution in [0.5, 0.6) is 5.75 Å². The molecule has 0 amide bonds. The van der Waals surface area contributed by atoms with Crippen molar-refractivity contribution >= 4 is 5.69 Å². The van der Waals surface area contributed by atoms with E-state index in [1.807, 2.05) is 61.5 Å². The number of benzene rings is 2. The van der Waals surface area contributed by atoms with Gasteiger partial charge in [0.2, 0.25) is 0 Å². The minimum Gasteiger partial charge on any atom is -0.494 e. The maximum atomic E-state index is 9.46. The van der Waals surface area contributed by atoms with Gasteiger partial charge in [-0.15, -0.1) is 0 Å². The van der Waals surface area contributed by atoms with Crippen molar-refractivity contribution in [3.05, 3.63) is 65.9 Å². The summed E-state index contributed by atoms with van der Waals surface area (Å²) in [6, 6.07) is 17.8. The van der Waals surface area contributed by atoms with Crippen LogP contribution in [0.4, 0.5) is 5.69 Å². The molecule has 0 aliphatic rings. The molecule has 0 bridgehead atoms. The first-order valence-electron chi connectivity index (χ1n) is 8.00. The lowest BCUT2D eigenvalue weighted by atomic mass is 10.1. The maximum Gasteiger partial charge on any atom is 0.124 e. The molecule has 3 N–H and O–H groups in total. The highest BCUT2D eigenvalue weighted by atomic mass is 16.5. The van der Waals surface area contributed by atoms with E-state index in [1.165, 1.54) is 0 Å². The summed E-state index contributed by atoms with van der Waals surface area (Å²) in [6.45, 7) is 3.08. The molecule has 0 unspecified atom stereocenters. The second-order valence-corrected chi connectivity index (χ2v) is 5.41. The standard InChI is InChI=1S/C19H21N3O2/c1-2-24-19-9-8-16(10-15(19)13-23)20-12-17-11-18(22-21-17)14-6-4-3-5-7-14/h3-11,20,23H,2,12-13H2,1H3,(H,21,22). The van der Waals surface area contributed by atoms with Crippen molar-refractivity contribution in [3.63, 3.8) is 0 Å². The van der Waals surface area contributed by atoms with Gasteiger partial charge in [-0.3, -0.25) is 5.10 Å². The van der Waals surface area contributed by atoms with Crippen molar-refractivity contribution in [2.75, 3.05) is 11.9 Å². The van der Waals surface area contributed by atoms with Crippen LogP contribution in [-0.4, -0.2) is 21.9 Å². The van der Waals surface area contributed by atoms with Crippen molar-refractivity contribution in [1.29, 1.82) is 0 Å². The summed E-state index contributed by atoms with van der Waals surface area (Å²) in [5, 5.41) is 20.2. The monoisotopic (exact) mass is 323 g/mol. The van der Waals surface area contributed by atoms with Gasteiger partial charge in [-0.25, -0.2) is 0 Å². The van der Waals surface area contributed by atoms with E-state index in [9.17, 15) is 5.11 Å². The van der Waals surface area contributed by atoms with Gasteiger partial charge in [0.1, 0.15) is 5.75 Å². The SMILES string of the molecule is CCOc1ccc(NCc2cc(-c3ccccc3)n[nH]2)cc1CO. The Bertz CT molecular complexity index is 784. The number of aromatic nitrogens is 2. The molecule has 0 atom stereocenters. The minimum absolute atomic E-state index is 0.0485. The third-order valence-electron chi connectivity index (χ3n) is 3.71. The van der Waals surface area contributed by atoms with Crippen molar-refractivity contribution in [3.8, 4) is 17.0 Å². The van der Waals surface area contributed by atoms with E-state index in [-0.39, 0.29) is 6.61 Å². The molecule has 5 heteroatoms. The Morgan fingerprint density at radius 3 is 2.71 bits per heavy atom. The average molecular weight is 323 g/mol. The van der Waals surface area contributed by atoms with Crippen LogP contribution in [-0.2, 0) is 13.2 Å². The summed E-state index contributed by atoms with van der Waals surface area (Å²) in [5.41, 5.74) is 4.71. The number of aromatic amines is 1. The Labute approximate surface area is 141 Å². The Hall–Kier alpha value is -2.79. The molecule has 1 aromatic heterocycles. The fourth-order valence-corrected chi connectivity index (χ4v) is 2.52. The van der Waals surface area contributed by atoms with Gasteiger partial charge in [0.15, 0.2) is 0 Å². The molecule has 3 aromatic rings. The van der Waals surface area contributed by atoms with Crippen LogP contribution in [0.25, 0.3) is 11.3 Å². The van der Waals surface area contributed by atoms with Crippen LogP contribution in [0.3, 0.4) is 0 Å². The first-order chi connectivity index (χ1) is 11.8. The average Bonchev–Trinajstić information content (AvgIpc) is 3.11. The molecule has 24 heavy (non-hydrogen) atoms. The van der Waals surface area contributed by atoms with Gasteiger partial charge in [-0.1, -0.05) is 30.3 Å². The Kier molecular flexibility index (Phi) is 5.13. The summed E-state index contributed by atoms with van der Waals surface area (Å²) < 4.78 is 5.49. The second-order valence-electron chi connectivity index (χ2n) is 5.41. The number of hydrogen-bond acceptors (Lipinski definition) is 4. The molecule has 0 spiro atoms. The van der Waals surface area contributed by atoms with E-state index in [2.05, 4.69) is 15.5 Å². The van der Waals surface area contributed by atoms with Crippen LogP contribution in [0.15, 0.2) is 54.6 Å². The summed E-state index contributed by atoms with van der Waals surface area (Å²) in [7, 11) is 0. The highest BCUT2D eigenvalue weighted by Crippen LogP contribution is 2.24. The van der Waals surface area contributed by atoms with Gasteiger partial charge in [-0.2, -0.15) is 5.10 Å². The van der Waals surface area contributed by atoms with E-state index in [0.717, 1.165) is 34.0 Å². The van der Waals surface area contributed by atoms with Gasteiger partial charge in [-0.05, 0) is 31.2 Å².